The lowest BCUT2D eigenvalue weighted by Crippen LogP contribution is -2.17. The fraction of sp³-hybridized carbons (Fsp3) is 0.150. The number of furan rings is 1. The van der Waals surface area contributed by atoms with E-state index in [1.54, 1.807) is 24.5 Å². The molecular weight excluding hydrogens is 362 g/mol. The number of amides is 2. The van der Waals surface area contributed by atoms with Crippen molar-refractivity contribution in [2.75, 3.05) is 11.9 Å². The lowest BCUT2D eigenvalue weighted by Gasteiger charge is -2.06. The molecule has 2 N–H and O–H groups in total. The highest BCUT2D eigenvalue weighted by Gasteiger charge is 2.25. The summed E-state index contributed by atoms with van der Waals surface area (Å²) in [6, 6.07) is 12.2. The zero-order valence-corrected chi connectivity index (χ0v) is 15.2. The van der Waals surface area contributed by atoms with Crippen LogP contribution < -0.4 is 10.6 Å². The van der Waals surface area contributed by atoms with Crippen LogP contribution in [0.2, 0.25) is 0 Å². The normalized spacial score (nSPS) is 15.5. The van der Waals surface area contributed by atoms with Crippen LogP contribution in [0.1, 0.15) is 17.7 Å². The molecule has 3 aromatic rings. The number of carbonyl (C=O) groups excluding carboxylic acids is 2. The molecule has 2 amide bonds. The molecule has 136 valence electrons. The second-order valence-corrected chi connectivity index (χ2v) is 7.14. The number of nitrogens with zero attached hydrogens (tertiary/aromatic N) is 1. The van der Waals surface area contributed by atoms with E-state index in [9.17, 15) is 9.59 Å². The molecule has 0 unspecified atom stereocenters. The highest BCUT2D eigenvalue weighted by atomic mass is 32.2. The van der Waals surface area contributed by atoms with Gasteiger partial charge in [0.2, 0.25) is 0 Å². The number of hydrogen-bond acceptors (Lipinski definition) is 6. The number of aryl methyl sites for hydroxylation is 1. The Morgan fingerprint density at radius 1 is 1.19 bits per heavy atom. The number of hydrogen-bond donors (Lipinski definition) is 2. The molecule has 0 spiro atoms. The van der Waals surface area contributed by atoms with Crippen LogP contribution in [0.5, 0.6) is 0 Å². The Hall–Kier alpha value is -3.06. The van der Waals surface area contributed by atoms with Gasteiger partial charge in [0.25, 0.3) is 11.1 Å². The number of thioether (sulfide) groups is 1. The van der Waals surface area contributed by atoms with E-state index < -0.39 is 5.91 Å². The highest BCUT2D eigenvalue weighted by molar-refractivity contribution is 8.18. The monoisotopic (exact) mass is 379 g/mol. The van der Waals surface area contributed by atoms with Gasteiger partial charge in [0.1, 0.15) is 5.76 Å². The maximum Gasteiger partial charge on any atom is 0.290 e. The first-order chi connectivity index (χ1) is 13.2. The summed E-state index contributed by atoms with van der Waals surface area (Å²) in [5.41, 5.74) is 2.81. The Morgan fingerprint density at radius 2 is 2.04 bits per heavy atom. The molecule has 3 heterocycles. The number of rotatable bonds is 6. The van der Waals surface area contributed by atoms with Crippen molar-refractivity contribution >= 4 is 45.6 Å². The van der Waals surface area contributed by atoms with Gasteiger partial charge in [0, 0.05) is 24.2 Å². The Kier molecular flexibility index (Phi) is 4.93. The number of aromatic nitrogens is 1. The molecule has 0 bridgehead atoms. The number of benzene rings is 1. The predicted molar refractivity (Wildman–Crippen MR) is 106 cm³/mol. The van der Waals surface area contributed by atoms with Gasteiger partial charge in [0.05, 0.1) is 16.8 Å². The summed E-state index contributed by atoms with van der Waals surface area (Å²) in [7, 11) is 0. The molecule has 27 heavy (non-hydrogen) atoms. The molecule has 1 aromatic carbocycles. The van der Waals surface area contributed by atoms with Crippen LogP contribution in [0.4, 0.5) is 10.5 Å². The minimum atomic E-state index is -0.400. The Morgan fingerprint density at radius 3 is 2.81 bits per heavy atom. The summed E-state index contributed by atoms with van der Waals surface area (Å²) in [6.07, 6.45) is 6.99. The van der Waals surface area contributed by atoms with Crippen LogP contribution >= 0.6 is 11.8 Å². The minimum Gasteiger partial charge on any atom is -0.454 e. The van der Waals surface area contributed by atoms with Gasteiger partial charge in [-0.25, -0.2) is 0 Å². The quantitative estimate of drug-likeness (QED) is 0.493. The number of imide groups is 1. The summed E-state index contributed by atoms with van der Waals surface area (Å²) < 4.78 is 5.88. The Bertz CT molecular complexity index is 1030. The largest absolute Gasteiger partial charge is 0.454 e. The topological polar surface area (TPSA) is 84.2 Å². The van der Waals surface area contributed by atoms with Crippen LogP contribution in [0.3, 0.4) is 0 Å². The summed E-state index contributed by atoms with van der Waals surface area (Å²) >= 11 is 0.868. The van der Waals surface area contributed by atoms with E-state index in [1.807, 2.05) is 18.2 Å². The van der Waals surface area contributed by atoms with Gasteiger partial charge in [0.15, 0.2) is 5.58 Å². The first-order valence-electron chi connectivity index (χ1n) is 8.59. The van der Waals surface area contributed by atoms with Gasteiger partial charge < -0.3 is 9.73 Å². The third-order valence-electron chi connectivity index (χ3n) is 4.16. The molecule has 1 saturated heterocycles. The molecule has 1 aliphatic heterocycles. The van der Waals surface area contributed by atoms with Gasteiger partial charge in [-0.3, -0.25) is 19.9 Å². The Balaban J connectivity index is 1.46. The van der Waals surface area contributed by atoms with Crippen molar-refractivity contribution in [3.8, 4) is 0 Å². The predicted octanol–water partition coefficient (Wildman–Crippen LogP) is 4.20. The van der Waals surface area contributed by atoms with Gasteiger partial charge in [-0.05, 0) is 36.2 Å². The Labute approximate surface area is 160 Å². The standard InChI is InChI=1S/C20H17N3O3S/c24-19-17(27-20(25)23-19)10-15-9-14-11-21-12-16(18(14)26-15)22-8-4-7-13-5-2-1-3-6-13/h1-3,5-6,9-12,22H,4,7-8H2,(H,23,24,25). The first kappa shape index (κ1) is 17.4. The number of carbonyl (C=O) groups is 2. The molecule has 0 saturated carbocycles. The highest BCUT2D eigenvalue weighted by Crippen LogP contribution is 2.30. The van der Waals surface area contributed by atoms with Crippen molar-refractivity contribution in [1.29, 1.82) is 0 Å². The third kappa shape index (κ3) is 4.03. The van der Waals surface area contributed by atoms with Crippen molar-refractivity contribution in [2.45, 2.75) is 12.8 Å². The summed E-state index contributed by atoms with van der Waals surface area (Å²) in [5.74, 6) is 0.112. The second kappa shape index (κ2) is 7.67. The van der Waals surface area contributed by atoms with Crippen LogP contribution in [-0.2, 0) is 11.2 Å². The van der Waals surface area contributed by atoms with E-state index in [2.05, 4.69) is 27.8 Å². The van der Waals surface area contributed by atoms with Crippen LogP contribution in [0, 0.1) is 0 Å². The SMILES string of the molecule is O=C1NC(=O)C(=Cc2cc3cncc(NCCCc4ccccc4)c3o2)S1. The molecule has 6 nitrogen and oxygen atoms in total. The van der Waals surface area contributed by atoms with E-state index in [1.165, 1.54) is 5.56 Å². The molecule has 0 radical (unpaired) electrons. The second-order valence-electron chi connectivity index (χ2n) is 6.12. The van der Waals surface area contributed by atoms with E-state index in [0.717, 1.165) is 42.2 Å². The van der Waals surface area contributed by atoms with E-state index in [-0.39, 0.29) is 5.24 Å². The number of fused-ring (bicyclic) bond motifs is 1. The summed E-state index contributed by atoms with van der Waals surface area (Å²) in [6.45, 7) is 0.791. The van der Waals surface area contributed by atoms with E-state index >= 15 is 0 Å². The molecule has 2 aromatic heterocycles. The van der Waals surface area contributed by atoms with Crippen molar-refractivity contribution in [3.05, 3.63) is 65.0 Å². The maximum absolute atomic E-state index is 11.7. The van der Waals surface area contributed by atoms with Crippen molar-refractivity contribution in [2.24, 2.45) is 0 Å². The number of pyridine rings is 1. The lowest BCUT2D eigenvalue weighted by atomic mass is 10.1. The van der Waals surface area contributed by atoms with Crippen molar-refractivity contribution in [3.63, 3.8) is 0 Å². The van der Waals surface area contributed by atoms with Crippen LogP contribution in [0.25, 0.3) is 17.0 Å². The minimum absolute atomic E-state index is 0.324. The summed E-state index contributed by atoms with van der Waals surface area (Å²) in [4.78, 5) is 27.5. The molecule has 0 aliphatic carbocycles. The molecule has 4 rings (SSSR count). The maximum atomic E-state index is 11.7. The van der Waals surface area contributed by atoms with E-state index in [0.29, 0.717) is 16.2 Å². The lowest BCUT2D eigenvalue weighted by molar-refractivity contribution is -0.115. The van der Waals surface area contributed by atoms with E-state index in [4.69, 9.17) is 4.42 Å². The zero-order valence-electron chi connectivity index (χ0n) is 14.4. The average Bonchev–Trinajstić information content (AvgIpc) is 3.22. The molecule has 0 atom stereocenters. The van der Waals surface area contributed by atoms with Crippen molar-refractivity contribution < 1.29 is 14.0 Å². The van der Waals surface area contributed by atoms with Gasteiger partial charge >= 0.3 is 0 Å². The van der Waals surface area contributed by atoms with Gasteiger partial charge in [-0.15, -0.1) is 0 Å². The average molecular weight is 379 g/mol. The smallest absolute Gasteiger partial charge is 0.290 e. The fourth-order valence-corrected chi connectivity index (χ4v) is 3.55. The van der Waals surface area contributed by atoms with Crippen molar-refractivity contribution in [1.82, 2.24) is 10.3 Å². The molecule has 1 fully saturated rings. The van der Waals surface area contributed by atoms with Gasteiger partial charge in [-0.2, -0.15) is 0 Å². The molecular formula is C20H17N3O3S. The fourth-order valence-electron chi connectivity index (χ4n) is 2.89. The number of anilines is 1. The van der Waals surface area contributed by atoms with Gasteiger partial charge in [-0.1, -0.05) is 30.3 Å². The third-order valence-corrected chi connectivity index (χ3v) is 4.97. The zero-order chi connectivity index (χ0) is 18.6. The molecule has 7 heteroatoms. The number of nitrogens with one attached hydrogen (secondary N) is 2. The molecule has 1 aliphatic rings. The van der Waals surface area contributed by atoms with Crippen LogP contribution in [-0.4, -0.2) is 22.7 Å². The van der Waals surface area contributed by atoms with Crippen LogP contribution in [0.15, 0.2) is 58.1 Å². The summed E-state index contributed by atoms with van der Waals surface area (Å²) in [5, 5.41) is 6.06. The first-order valence-corrected chi connectivity index (χ1v) is 9.41.